The maximum absolute atomic E-state index is 10.5. The molecule has 0 aliphatic rings. The minimum Gasteiger partial charge on any atom is -0.427 e. The van der Waals surface area contributed by atoms with Gasteiger partial charge in [-0.25, -0.2) is 0 Å². The molecule has 0 N–H and O–H groups in total. The van der Waals surface area contributed by atoms with Crippen LogP contribution in [0.15, 0.2) is 0 Å². The fourth-order valence-corrected chi connectivity index (χ4v) is 1.37. The molecule has 0 heterocycles. The van der Waals surface area contributed by atoms with Crippen LogP contribution in [0.5, 0.6) is 0 Å². The van der Waals surface area contributed by atoms with Gasteiger partial charge in [-0.05, 0) is 0 Å². The van der Waals surface area contributed by atoms with Gasteiger partial charge in [0.2, 0.25) is 5.41 Å². The van der Waals surface area contributed by atoms with Gasteiger partial charge in [0, 0.05) is 13.8 Å². The predicted octanol–water partition coefficient (Wildman–Crippen LogP) is -0.629. The standard InChI is InChI=1S/C6H11ClO4Si/c1-4(8)10-6(12,3-7)11-5(2)9/h3H2,1-2,12H3. The maximum atomic E-state index is 10.5. The van der Waals surface area contributed by atoms with Crippen LogP contribution in [0.4, 0.5) is 0 Å². The molecular weight excluding hydrogens is 200 g/mol. The number of carbonyl (C=O) groups is 2. The molecule has 0 fully saturated rings. The average Bonchev–Trinajstić information content (AvgIpc) is 1.83. The third-order valence-electron chi connectivity index (χ3n) is 0.962. The van der Waals surface area contributed by atoms with Gasteiger partial charge in [0.05, 0.1) is 5.88 Å². The maximum Gasteiger partial charge on any atom is 0.305 e. The molecule has 0 aromatic rings. The second-order valence-corrected chi connectivity index (χ2v) is 4.25. The summed E-state index contributed by atoms with van der Waals surface area (Å²) in [6.07, 6.45) is 0. The zero-order chi connectivity index (χ0) is 9.78. The lowest BCUT2D eigenvalue weighted by Gasteiger charge is -2.26. The number of halogens is 1. The lowest BCUT2D eigenvalue weighted by Crippen LogP contribution is -2.41. The molecular formula is C6H11ClO4Si. The Kier molecular flexibility index (Phi) is 4.26. The summed E-state index contributed by atoms with van der Waals surface area (Å²) in [6, 6.07) is 0. The molecule has 0 amide bonds. The minimum atomic E-state index is -1.21. The summed E-state index contributed by atoms with van der Waals surface area (Å²) in [4.78, 5) is 21.1. The summed E-state index contributed by atoms with van der Waals surface area (Å²) < 4.78 is 9.49. The average molecular weight is 211 g/mol. The van der Waals surface area contributed by atoms with Crippen LogP contribution in [0, 0.1) is 0 Å². The molecule has 12 heavy (non-hydrogen) atoms. The fourth-order valence-electron chi connectivity index (χ4n) is 0.683. The lowest BCUT2D eigenvalue weighted by atomic mass is 10.6. The van der Waals surface area contributed by atoms with Crippen molar-refractivity contribution in [3.63, 3.8) is 0 Å². The van der Waals surface area contributed by atoms with E-state index in [0.717, 1.165) is 0 Å². The van der Waals surface area contributed by atoms with Gasteiger partial charge >= 0.3 is 11.9 Å². The van der Waals surface area contributed by atoms with Crippen molar-refractivity contribution >= 4 is 33.8 Å². The first-order chi connectivity index (χ1) is 5.39. The van der Waals surface area contributed by atoms with Crippen LogP contribution in [0.25, 0.3) is 0 Å². The third kappa shape index (κ3) is 4.35. The van der Waals surface area contributed by atoms with Crippen molar-refractivity contribution in [2.24, 2.45) is 0 Å². The number of rotatable bonds is 3. The number of alkyl halides is 1. The predicted molar refractivity (Wildman–Crippen MR) is 46.9 cm³/mol. The molecule has 0 saturated carbocycles. The van der Waals surface area contributed by atoms with Crippen LogP contribution >= 0.6 is 11.6 Å². The van der Waals surface area contributed by atoms with E-state index < -0.39 is 17.3 Å². The molecule has 0 radical (unpaired) electrons. The molecule has 0 unspecified atom stereocenters. The number of hydrogen-bond donors (Lipinski definition) is 0. The smallest absolute Gasteiger partial charge is 0.305 e. The molecule has 0 bridgehead atoms. The summed E-state index contributed by atoms with van der Waals surface area (Å²) in [7, 11) is 0.347. The van der Waals surface area contributed by atoms with E-state index in [2.05, 4.69) is 0 Å². The Morgan fingerprint density at radius 1 is 1.33 bits per heavy atom. The van der Waals surface area contributed by atoms with Crippen molar-refractivity contribution < 1.29 is 19.1 Å². The number of carbonyl (C=O) groups excluding carboxylic acids is 2. The number of ether oxygens (including phenoxy) is 2. The van der Waals surface area contributed by atoms with Crippen molar-refractivity contribution in [2.45, 2.75) is 19.3 Å². The van der Waals surface area contributed by atoms with Crippen LogP contribution < -0.4 is 0 Å². The Balaban J connectivity index is 4.23. The summed E-state index contributed by atoms with van der Waals surface area (Å²) >= 11 is 5.48. The van der Waals surface area contributed by atoms with Crippen LogP contribution in [0.1, 0.15) is 13.8 Å². The second-order valence-electron chi connectivity index (χ2n) is 2.45. The molecule has 0 aliphatic carbocycles. The van der Waals surface area contributed by atoms with Gasteiger partial charge in [-0.2, -0.15) is 0 Å². The summed E-state index contributed by atoms with van der Waals surface area (Å²) in [6.45, 7) is 2.48. The molecule has 0 aromatic heterocycles. The molecule has 0 atom stereocenters. The first kappa shape index (κ1) is 11.4. The van der Waals surface area contributed by atoms with Crippen molar-refractivity contribution in [3.05, 3.63) is 0 Å². The molecule has 0 spiro atoms. The summed E-state index contributed by atoms with van der Waals surface area (Å²) in [5.74, 6) is -1.04. The Bertz CT molecular complexity index is 178. The fraction of sp³-hybridized carbons (Fsp3) is 0.667. The van der Waals surface area contributed by atoms with Crippen molar-refractivity contribution in [1.82, 2.24) is 0 Å². The monoisotopic (exact) mass is 210 g/mol. The third-order valence-corrected chi connectivity index (χ3v) is 2.66. The summed E-state index contributed by atoms with van der Waals surface area (Å²) in [5.41, 5.74) is -1.21. The van der Waals surface area contributed by atoms with Crippen molar-refractivity contribution in [3.8, 4) is 0 Å². The van der Waals surface area contributed by atoms with Gasteiger partial charge in [0.25, 0.3) is 0 Å². The van der Waals surface area contributed by atoms with E-state index in [1.54, 1.807) is 0 Å². The second kappa shape index (κ2) is 4.47. The molecule has 6 heteroatoms. The van der Waals surface area contributed by atoms with Crippen LogP contribution in [-0.4, -0.2) is 33.5 Å². The highest BCUT2D eigenvalue weighted by molar-refractivity contribution is 6.25. The zero-order valence-corrected chi connectivity index (χ0v) is 9.97. The van der Waals surface area contributed by atoms with Crippen LogP contribution in [0.3, 0.4) is 0 Å². The SMILES string of the molecule is CC(=O)OC([SiH3])(CCl)OC(C)=O. The van der Waals surface area contributed by atoms with Crippen LogP contribution in [-0.2, 0) is 19.1 Å². The normalized spacial score (nSPS) is 10.9. The molecule has 0 saturated heterocycles. The summed E-state index contributed by atoms with van der Waals surface area (Å²) in [5, 5.41) is 0. The highest BCUT2D eigenvalue weighted by Crippen LogP contribution is 2.11. The Morgan fingerprint density at radius 3 is 1.83 bits per heavy atom. The highest BCUT2D eigenvalue weighted by atomic mass is 35.5. The molecule has 0 aliphatic heterocycles. The molecule has 4 nitrogen and oxygen atoms in total. The highest BCUT2D eigenvalue weighted by Gasteiger charge is 2.29. The lowest BCUT2D eigenvalue weighted by molar-refractivity contribution is -0.192. The number of hydrogen-bond acceptors (Lipinski definition) is 4. The Morgan fingerprint density at radius 2 is 1.67 bits per heavy atom. The Labute approximate surface area is 78.6 Å². The van der Waals surface area contributed by atoms with Gasteiger partial charge < -0.3 is 9.47 Å². The number of esters is 2. The zero-order valence-electron chi connectivity index (χ0n) is 7.22. The van der Waals surface area contributed by atoms with Gasteiger partial charge in [-0.15, -0.1) is 11.6 Å². The van der Waals surface area contributed by atoms with Gasteiger partial charge in [-0.3, -0.25) is 9.59 Å². The first-order valence-electron chi connectivity index (χ1n) is 3.35. The van der Waals surface area contributed by atoms with E-state index in [1.165, 1.54) is 13.8 Å². The van der Waals surface area contributed by atoms with Crippen molar-refractivity contribution in [2.75, 3.05) is 5.88 Å². The van der Waals surface area contributed by atoms with E-state index in [9.17, 15) is 9.59 Å². The molecule has 70 valence electrons. The Hall–Kier alpha value is -0.553. The topological polar surface area (TPSA) is 52.6 Å². The minimum absolute atomic E-state index is 0.0294. The van der Waals surface area contributed by atoms with Gasteiger partial charge in [-0.1, -0.05) is 0 Å². The van der Waals surface area contributed by atoms with E-state index in [1.807, 2.05) is 0 Å². The quantitative estimate of drug-likeness (QED) is 0.270. The molecule has 0 rings (SSSR count). The largest absolute Gasteiger partial charge is 0.427 e. The van der Waals surface area contributed by atoms with E-state index in [-0.39, 0.29) is 5.88 Å². The van der Waals surface area contributed by atoms with Gasteiger partial charge in [0.15, 0.2) is 0 Å². The first-order valence-corrected chi connectivity index (χ1v) is 4.88. The van der Waals surface area contributed by atoms with E-state index >= 15 is 0 Å². The van der Waals surface area contributed by atoms with E-state index in [0.29, 0.717) is 10.2 Å². The van der Waals surface area contributed by atoms with Gasteiger partial charge in [0.1, 0.15) is 10.2 Å². The van der Waals surface area contributed by atoms with Crippen molar-refractivity contribution in [1.29, 1.82) is 0 Å². The molecule has 0 aromatic carbocycles. The van der Waals surface area contributed by atoms with E-state index in [4.69, 9.17) is 21.1 Å². The van der Waals surface area contributed by atoms with Crippen LogP contribution in [0.2, 0.25) is 0 Å².